The number of benzene rings is 4. The molecule has 0 amide bonds. The van der Waals surface area contributed by atoms with Crippen LogP contribution in [0, 0.1) is 0 Å². The van der Waals surface area contributed by atoms with E-state index in [9.17, 15) is 31.6 Å². The van der Waals surface area contributed by atoms with Crippen molar-refractivity contribution in [3.63, 3.8) is 0 Å². The molecule has 2 N–H and O–H groups in total. The molecule has 0 spiro atoms. The Hall–Kier alpha value is -2.84. The van der Waals surface area contributed by atoms with Crippen molar-refractivity contribution >= 4 is 58.0 Å². The van der Waals surface area contributed by atoms with Gasteiger partial charge in [0, 0.05) is 0 Å². The van der Waals surface area contributed by atoms with Crippen LogP contribution < -0.4 is 14.6 Å². The van der Waals surface area contributed by atoms with E-state index in [2.05, 4.69) is 13.8 Å². The quantitative estimate of drug-likeness (QED) is 0.0351. The van der Waals surface area contributed by atoms with Crippen molar-refractivity contribution in [1.29, 1.82) is 0 Å². The molecule has 4 aromatic rings. The zero-order valence-electron chi connectivity index (χ0n) is 34.9. The van der Waals surface area contributed by atoms with Crippen LogP contribution in [0.2, 0.25) is 0 Å². The summed E-state index contributed by atoms with van der Waals surface area (Å²) in [6.07, 6.45) is 23.9. The predicted molar refractivity (Wildman–Crippen MR) is 232 cm³/mol. The van der Waals surface area contributed by atoms with Crippen LogP contribution in [0.1, 0.15) is 141 Å². The molecule has 0 saturated carbocycles. The maximum Gasteiger partial charge on any atom is 2.00 e. The van der Waals surface area contributed by atoms with Gasteiger partial charge in [-0.05, 0) is 91.4 Å². The molecule has 59 heavy (non-hydrogen) atoms. The number of aromatic hydroxyl groups is 1. The van der Waals surface area contributed by atoms with Crippen molar-refractivity contribution in [3.05, 3.63) is 96.1 Å². The molecule has 4 rings (SSSR count). The van der Waals surface area contributed by atoms with Crippen LogP contribution in [0.25, 0.3) is 0 Å². The number of hydrogen-bond donors (Lipinski definition) is 2. The fourth-order valence-corrected chi connectivity index (χ4v) is 7.55. The van der Waals surface area contributed by atoms with Crippen molar-refractivity contribution in [3.8, 4) is 34.5 Å². The molecule has 13 heteroatoms. The Kier molecular flexibility index (Phi) is 25.4. The van der Waals surface area contributed by atoms with Gasteiger partial charge in [0.25, 0.3) is 10.1 Å². The minimum Gasteiger partial charge on any atom is -0.870 e. The minimum atomic E-state index is -4.50. The second kappa shape index (κ2) is 28.6. The third-order valence-electron chi connectivity index (χ3n) is 9.91. The fourth-order valence-electron chi connectivity index (χ4n) is 6.60. The van der Waals surface area contributed by atoms with E-state index in [1.807, 2.05) is 12.1 Å². The van der Waals surface area contributed by atoms with Crippen molar-refractivity contribution < 1.29 is 45.6 Å². The summed E-state index contributed by atoms with van der Waals surface area (Å²) in [5, 5.41) is 22.5. The minimum absolute atomic E-state index is 0. The smallest absolute Gasteiger partial charge is 0.870 e. The van der Waals surface area contributed by atoms with E-state index < -0.39 is 20.2 Å². The van der Waals surface area contributed by atoms with Crippen LogP contribution in [0.4, 0.5) is 0 Å². The fraction of sp³-hybridized carbons (Fsp3) is 0.478. The molecule has 0 heterocycles. The van der Waals surface area contributed by atoms with Crippen molar-refractivity contribution in [2.45, 2.75) is 152 Å². The number of rotatable bonds is 26. The molecule has 0 unspecified atom stereocenters. The summed E-state index contributed by atoms with van der Waals surface area (Å²) in [5.41, 5.74) is 1.77. The topological polar surface area (TPSA) is 173 Å². The zero-order chi connectivity index (χ0) is 42.2. The summed E-state index contributed by atoms with van der Waals surface area (Å²) in [7, 11) is -8.74. The Morgan fingerprint density at radius 2 is 0.881 bits per heavy atom. The summed E-state index contributed by atoms with van der Waals surface area (Å²) in [4.78, 5) is -0.521. The first kappa shape index (κ1) is 52.3. The van der Waals surface area contributed by atoms with Gasteiger partial charge in [-0.25, -0.2) is 8.42 Å². The van der Waals surface area contributed by atoms with Crippen molar-refractivity contribution in [2.24, 2.45) is 0 Å². The standard InChI is InChI=1S/2C23H32O5S.Ca/c2*1-2-3-4-5-6-7-8-9-10-12-19-13-11-14-22(24)23(19)28-20-15-17-21(18-16-20)29(25,26)27;/h2*11,13-18,24H,2-10,12H2,1H3,(H,25,26,27);/q;;+2/p-2. The number of hydrogen-bond acceptors (Lipinski definition) is 9. The summed E-state index contributed by atoms with van der Waals surface area (Å²) >= 11 is 0. The summed E-state index contributed by atoms with van der Waals surface area (Å²) in [6.45, 7) is 4.45. The van der Waals surface area contributed by atoms with E-state index in [1.54, 1.807) is 18.2 Å². The van der Waals surface area contributed by atoms with Crippen LogP contribution in [0.3, 0.4) is 0 Å². The molecule has 0 bridgehead atoms. The van der Waals surface area contributed by atoms with Gasteiger partial charge >= 0.3 is 37.7 Å². The Bertz CT molecular complexity index is 1840. The summed E-state index contributed by atoms with van der Waals surface area (Å²) < 4.78 is 76.0. The van der Waals surface area contributed by atoms with Gasteiger partial charge in [-0.1, -0.05) is 153 Å². The molecule has 320 valence electrons. The van der Waals surface area contributed by atoms with Crippen LogP contribution in [-0.2, 0) is 33.1 Å². The van der Waals surface area contributed by atoms with Crippen molar-refractivity contribution in [1.82, 2.24) is 0 Å². The van der Waals surface area contributed by atoms with E-state index in [0.717, 1.165) is 49.7 Å². The molecule has 0 aliphatic rings. The average molecular weight is 879 g/mol. The largest absolute Gasteiger partial charge is 2.00 e. The second-order valence-corrected chi connectivity index (χ2v) is 17.5. The van der Waals surface area contributed by atoms with Gasteiger partial charge in [-0.15, -0.1) is 0 Å². The molecule has 10 nitrogen and oxygen atoms in total. The average Bonchev–Trinajstić information content (AvgIpc) is 3.19. The number of unbranched alkanes of at least 4 members (excludes halogenated alkanes) is 16. The molecule has 0 aliphatic heterocycles. The van der Waals surface area contributed by atoms with E-state index in [0.29, 0.717) is 17.2 Å². The number of phenols is 1. The Morgan fingerprint density at radius 3 is 1.31 bits per heavy atom. The number of ether oxygens (including phenoxy) is 2. The molecule has 0 aliphatic carbocycles. The third kappa shape index (κ3) is 20.5. The Balaban J connectivity index is 0.000000400. The van der Waals surface area contributed by atoms with Crippen LogP contribution >= 0.6 is 0 Å². The number of aryl methyl sites for hydroxylation is 2. The van der Waals surface area contributed by atoms with E-state index >= 15 is 0 Å². The molecule has 4 aromatic carbocycles. The normalized spacial score (nSPS) is 11.3. The first-order valence-electron chi connectivity index (χ1n) is 20.9. The zero-order valence-corrected chi connectivity index (χ0v) is 38.8. The van der Waals surface area contributed by atoms with Crippen LogP contribution in [0.15, 0.2) is 94.7 Å². The van der Waals surface area contributed by atoms with Crippen molar-refractivity contribution in [2.75, 3.05) is 0 Å². The molecule has 0 fully saturated rings. The molecule has 0 aromatic heterocycles. The molecule has 0 atom stereocenters. The van der Waals surface area contributed by atoms with E-state index in [4.69, 9.17) is 14.0 Å². The van der Waals surface area contributed by atoms with Gasteiger partial charge in [-0.2, -0.15) is 8.42 Å². The van der Waals surface area contributed by atoms with Gasteiger partial charge in [0.15, 0.2) is 11.5 Å². The molecule has 0 radical (unpaired) electrons. The van der Waals surface area contributed by atoms with Gasteiger partial charge < -0.3 is 24.2 Å². The first-order valence-corrected chi connectivity index (χ1v) is 23.8. The predicted octanol–water partition coefficient (Wildman–Crippen LogP) is 11.7. The maximum absolute atomic E-state index is 12.3. The van der Waals surface area contributed by atoms with Crippen LogP contribution in [-0.4, -0.2) is 68.8 Å². The molecular formula is C46H62CaO10S2. The van der Waals surface area contributed by atoms with E-state index in [-0.39, 0.29) is 64.8 Å². The second-order valence-electron chi connectivity index (χ2n) is 14.7. The first-order chi connectivity index (χ1) is 27.8. The van der Waals surface area contributed by atoms with Gasteiger partial charge in [0.2, 0.25) is 0 Å². The molecular weight excluding hydrogens is 817 g/mol. The van der Waals surface area contributed by atoms with Crippen LogP contribution in [0.5, 0.6) is 34.5 Å². The Labute approximate surface area is 383 Å². The third-order valence-corrected chi connectivity index (χ3v) is 11.6. The Morgan fingerprint density at radius 1 is 0.508 bits per heavy atom. The number of para-hydroxylation sites is 2. The maximum atomic E-state index is 12.3. The summed E-state index contributed by atoms with van der Waals surface area (Å²) in [6, 6.07) is 21.0. The van der Waals surface area contributed by atoms with Gasteiger partial charge in [0.05, 0.1) is 9.79 Å². The monoisotopic (exact) mass is 878 g/mol. The van der Waals surface area contributed by atoms with E-state index in [1.165, 1.54) is 144 Å². The number of phenolic OH excluding ortho intramolecular Hbond substituents is 1. The van der Waals surface area contributed by atoms with Gasteiger partial charge in [0.1, 0.15) is 27.4 Å². The SMILES string of the molecule is CCCCCCCCCCCc1cccc(O)c1Oc1ccc(S(=O)(=O)O)cc1.CCCCCCCCCCCc1cccc([O-])c1Oc1ccc(S(=O)(=O)[O-])cc1.[Ca+2]. The molecule has 0 saturated heterocycles. The summed E-state index contributed by atoms with van der Waals surface area (Å²) in [5.74, 6) is 1.23. The van der Waals surface area contributed by atoms with Gasteiger partial charge in [-0.3, -0.25) is 4.55 Å².